The number of benzene rings is 1. The van der Waals surface area contributed by atoms with Gasteiger partial charge in [0.2, 0.25) is 0 Å². The molecule has 0 bridgehead atoms. The number of carbonyl (C=O) groups is 1. The number of methoxy groups -OCH3 is 1. The molecule has 6 heteroatoms. The molecule has 0 aromatic heterocycles. The van der Waals surface area contributed by atoms with Gasteiger partial charge < -0.3 is 9.47 Å². The van der Waals surface area contributed by atoms with Crippen molar-refractivity contribution < 1.29 is 27.4 Å². The van der Waals surface area contributed by atoms with E-state index in [1.807, 2.05) is 0 Å². The lowest BCUT2D eigenvalue weighted by atomic mass is 10.0. The summed E-state index contributed by atoms with van der Waals surface area (Å²) in [5.74, 6) is -0.738. The number of hydrogen-bond donors (Lipinski definition) is 0. The van der Waals surface area contributed by atoms with Gasteiger partial charge >= 0.3 is 12.1 Å². The van der Waals surface area contributed by atoms with Gasteiger partial charge in [0.1, 0.15) is 0 Å². The Labute approximate surface area is 115 Å². The average molecular weight is 288 g/mol. The van der Waals surface area contributed by atoms with Crippen LogP contribution < -0.4 is 0 Å². The first-order chi connectivity index (χ1) is 9.29. The second-order valence-electron chi connectivity index (χ2n) is 4.07. The molecule has 1 rings (SSSR count). The predicted octanol–water partition coefficient (Wildman–Crippen LogP) is 3.58. The molecule has 1 aromatic carbocycles. The van der Waals surface area contributed by atoms with Crippen LogP contribution in [0.15, 0.2) is 30.9 Å². The van der Waals surface area contributed by atoms with Crippen LogP contribution in [0.25, 0.3) is 0 Å². The van der Waals surface area contributed by atoms with Crippen molar-refractivity contribution in [2.75, 3.05) is 7.11 Å². The maximum Gasteiger partial charge on any atom is 0.416 e. The zero-order valence-corrected chi connectivity index (χ0v) is 11.2. The average Bonchev–Trinajstić information content (AvgIpc) is 2.37. The number of carbonyl (C=O) groups excluding carboxylic acids is 1. The summed E-state index contributed by atoms with van der Waals surface area (Å²) >= 11 is 0. The van der Waals surface area contributed by atoms with Crippen molar-refractivity contribution in [3.63, 3.8) is 0 Å². The molecule has 110 valence electrons. The summed E-state index contributed by atoms with van der Waals surface area (Å²) < 4.78 is 48.0. The van der Waals surface area contributed by atoms with Gasteiger partial charge in [0.15, 0.2) is 6.29 Å². The van der Waals surface area contributed by atoms with E-state index in [1.165, 1.54) is 20.1 Å². The van der Waals surface area contributed by atoms with E-state index < -0.39 is 24.0 Å². The molecule has 0 aliphatic rings. The SMILES string of the molecule is C=CCc1cc(C(=O)OC(C)OC)ccc1C(F)(F)F. The topological polar surface area (TPSA) is 35.5 Å². The Balaban J connectivity index is 3.10. The first kappa shape index (κ1) is 16.2. The summed E-state index contributed by atoms with van der Waals surface area (Å²) in [4.78, 5) is 11.7. The summed E-state index contributed by atoms with van der Waals surface area (Å²) in [6, 6.07) is 3.11. The third-order valence-electron chi connectivity index (χ3n) is 2.62. The van der Waals surface area contributed by atoms with Crippen molar-refractivity contribution in [3.8, 4) is 0 Å². The highest BCUT2D eigenvalue weighted by atomic mass is 19.4. The van der Waals surface area contributed by atoms with E-state index >= 15 is 0 Å². The maximum absolute atomic E-state index is 12.8. The molecule has 1 aromatic rings. The second kappa shape index (κ2) is 6.56. The highest BCUT2D eigenvalue weighted by Crippen LogP contribution is 2.33. The fourth-order valence-corrected chi connectivity index (χ4v) is 1.59. The zero-order valence-electron chi connectivity index (χ0n) is 11.2. The number of alkyl halides is 3. The highest BCUT2D eigenvalue weighted by Gasteiger charge is 2.33. The fourth-order valence-electron chi connectivity index (χ4n) is 1.59. The molecule has 0 aliphatic heterocycles. The molecule has 0 radical (unpaired) electrons. The minimum Gasteiger partial charge on any atom is -0.432 e. The molecule has 0 heterocycles. The molecule has 0 aliphatic carbocycles. The number of ether oxygens (including phenoxy) is 2. The largest absolute Gasteiger partial charge is 0.432 e. The van der Waals surface area contributed by atoms with Crippen LogP contribution in [0.3, 0.4) is 0 Å². The normalized spacial score (nSPS) is 12.8. The maximum atomic E-state index is 12.8. The van der Waals surface area contributed by atoms with E-state index in [4.69, 9.17) is 9.47 Å². The van der Waals surface area contributed by atoms with Crippen LogP contribution in [0.5, 0.6) is 0 Å². The summed E-state index contributed by atoms with van der Waals surface area (Å²) in [6.45, 7) is 4.92. The second-order valence-corrected chi connectivity index (χ2v) is 4.07. The molecule has 1 atom stereocenters. The van der Waals surface area contributed by atoms with Crippen LogP contribution in [0.1, 0.15) is 28.4 Å². The summed E-state index contributed by atoms with van der Waals surface area (Å²) in [5.41, 5.74) is -0.764. The Morgan fingerprint density at radius 3 is 2.60 bits per heavy atom. The monoisotopic (exact) mass is 288 g/mol. The number of halogens is 3. The van der Waals surface area contributed by atoms with Crippen LogP contribution >= 0.6 is 0 Å². The third kappa shape index (κ3) is 4.09. The van der Waals surface area contributed by atoms with Gasteiger partial charge in [0, 0.05) is 7.11 Å². The molecular weight excluding hydrogens is 273 g/mol. The van der Waals surface area contributed by atoms with Gasteiger partial charge in [0.25, 0.3) is 0 Å². The first-order valence-electron chi connectivity index (χ1n) is 5.84. The van der Waals surface area contributed by atoms with E-state index in [1.54, 1.807) is 0 Å². The molecule has 0 saturated carbocycles. The van der Waals surface area contributed by atoms with Crippen molar-refractivity contribution >= 4 is 5.97 Å². The van der Waals surface area contributed by atoms with Crippen LogP contribution in [0, 0.1) is 0 Å². The number of hydrogen-bond acceptors (Lipinski definition) is 3. The molecule has 0 N–H and O–H groups in total. The van der Waals surface area contributed by atoms with Crippen molar-refractivity contribution in [1.82, 2.24) is 0 Å². The summed E-state index contributed by atoms with van der Waals surface area (Å²) in [5, 5.41) is 0. The van der Waals surface area contributed by atoms with E-state index in [2.05, 4.69) is 6.58 Å². The minimum atomic E-state index is -4.47. The number of esters is 1. The van der Waals surface area contributed by atoms with Crippen molar-refractivity contribution in [3.05, 3.63) is 47.5 Å². The van der Waals surface area contributed by atoms with Gasteiger partial charge in [-0.1, -0.05) is 6.08 Å². The van der Waals surface area contributed by atoms with E-state index in [0.29, 0.717) is 0 Å². The Bertz CT molecular complexity index is 495. The highest BCUT2D eigenvalue weighted by molar-refractivity contribution is 5.89. The van der Waals surface area contributed by atoms with Crippen molar-refractivity contribution in [2.45, 2.75) is 25.8 Å². The number of rotatable bonds is 5. The number of allylic oxidation sites excluding steroid dienone is 1. The standard InChI is InChI=1S/C14H15F3O3/c1-4-5-10-8-11(13(18)20-9(2)19-3)6-7-12(10)14(15,16)17/h4,6-9H,1,5H2,2-3H3. The van der Waals surface area contributed by atoms with Gasteiger partial charge in [-0.05, 0) is 37.1 Å². The van der Waals surface area contributed by atoms with Crippen molar-refractivity contribution in [2.24, 2.45) is 0 Å². The lowest BCUT2D eigenvalue weighted by Gasteiger charge is -2.14. The molecule has 0 spiro atoms. The van der Waals surface area contributed by atoms with Crippen LogP contribution in [0.2, 0.25) is 0 Å². The molecule has 1 unspecified atom stereocenters. The van der Waals surface area contributed by atoms with Gasteiger partial charge in [-0.25, -0.2) is 4.79 Å². The van der Waals surface area contributed by atoms with Crippen LogP contribution in [-0.4, -0.2) is 19.4 Å². The molecule has 0 amide bonds. The van der Waals surface area contributed by atoms with E-state index in [9.17, 15) is 18.0 Å². The molecular formula is C14H15F3O3. The van der Waals surface area contributed by atoms with Gasteiger partial charge in [-0.2, -0.15) is 13.2 Å². The minimum absolute atomic E-state index is 0.00972. The molecule has 0 saturated heterocycles. The zero-order chi connectivity index (χ0) is 15.3. The Hall–Kier alpha value is -1.82. The third-order valence-corrected chi connectivity index (χ3v) is 2.62. The van der Waals surface area contributed by atoms with E-state index in [0.717, 1.165) is 18.2 Å². The quantitative estimate of drug-likeness (QED) is 0.472. The van der Waals surface area contributed by atoms with Gasteiger partial charge in [0.05, 0.1) is 11.1 Å². The van der Waals surface area contributed by atoms with E-state index in [-0.39, 0.29) is 17.5 Å². The first-order valence-corrected chi connectivity index (χ1v) is 5.84. The van der Waals surface area contributed by atoms with Gasteiger partial charge in [-0.3, -0.25) is 0 Å². The molecule has 3 nitrogen and oxygen atoms in total. The lowest BCUT2D eigenvalue weighted by Crippen LogP contribution is -2.17. The fraction of sp³-hybridized carbons (Fsp3) is 0.357. The van der Waals surface area contributed by atoms with Crippen LogP contribution in [-0.2, 0) is 22.1 Å². The Kier molecular flexibility index (Phi) is 5.33. The van der Waals surface area contributed by atoms with Crippen molar-refractivity contribution in [1.29, 1.82) is 0 Å². The molecule has 0 fully saturated rings. The Morgan fingerprint density at radius 2 is 2.10 bits per heavy atom. The summed E-state index contributed by atoms with van der Waals surface area (Å²) in [6.07, 6.45) is -3.89. The Morgan fingerprint density at radius 1 is 1.45 bits per heavy atom. The van der Waals surface area contributed by atoms with Crippen LogP contribution in [0.4, 0.5) is 13.2 Å². The van der Waals surface area contributed by atoms with Gasteiger partial charge in [-0.15, -0.1) is 6.58 Å². The predicted molar refractivity (Wildman–Crippen MR) is 67.2 cm³/mol. The lowest BCUT2D eigenvalue weighted by molar-refractivity contribution is -0.138. The smallest absolute Gasteiger partial charge is 0.416 e. The molecule has 20 heavy (non-hydrogen) atoms. The summed E-state index contributed by atoms with van der Waals surface area (Å²) in [7, 11) is 1.35.